The zero-order chi connectivity index (χ0) is 20.5. The van der Waals surface area contributed by atoms with Crippen molar-refractivity contribution in [2.45, 2.75) is 55.7 Å². The van der Waals surface area contributed by atoms with Crippen molar-refractivity contribution in [2.75, 3.05) is 0 Å². The van der Waals surface area contributed by atoms with Gasteiger partial charge in [0.25, 0.3) is 10.0 Å². The fourth-order valence-corrected chi connectivity index (χ4v) is 7.67. The van der Waals surface area contributed by atoms with Gasteiger partial charge >= 0.3 is 20.8 Å². The van der Waals surface area contributed by atoms with Gasteiger partial charge in [-0.1, -0.05) is 4.13 Å². The third kappa shape index (κ3) is 3.61. The number of sulfonamides is 2. The van der Waals surface area contributed by atoms with Gasteiger partial charge in [0.05, 0.1) is 0 Å². The number of halogens is 5. The molecule has 0 aromatic rings. The van der Waals surface area contributed by atoms with Crippen molar-refractivity contribution in [3.63, 3.8) is 0 Å². The predicted molar refractivity (Wildman–Crippen MR) is 82.2 cm³/mol. The Labute approximate surface area is 153 Å². The predicted octanol–water partition coefficient (Wildman–Crippen LogP) is 2.52. The van der Waals surface area contributed by atoms with Gasteiger partial charge in [-0.15, -0.1) is 0 Å². The molecule has 4 aliphatic rings. The maximum atomic E-state index is 14.2. The zero-order valence-corrected chi connectivity index (χ0v) is 15.6. The molecule has 4 fully saturated rings. The number of hydrogen-bond acceptors (Lipinski definition) is 5. The van der Waals surface area contributed by atoms with Crippen molar-refractivity contribution in [3.8, 4) is 0 Å². The van der Waals surface area contributed by atoms with Crippen LogP contribution in [0.1, 0.15) is 44.9 Å². The normalized spacial score (nSPS) is 34.0. The van der Waals surface area contributed by atoms with Crippen LogP contribution in [0.5, 0.6) is 0 Å². The summed E-state index contributed by atoms with van der Waals surface area (Å²) in [4.78, 5) is 12.1. The van der Waals surface area contributed by atoms with E-state index in [0.29, 0.717) is 19.3 Å². The fourth-order valence-electron chi connectivity index (χ4n) is 5.34. The molecule has 0 spiro atoms. The highest BCUT2D eigenvalue weighted by Crippen LogP contribution is 2.61. The van der Waals surface area contributed by atoms with Crippen molar-refractivity contribution in [1.29, 1.82) is 0 Å². The van der Waals surface area contributed by atoms with Gasteiger partial charge in [0, 0.05) is 6.42 Å². The maximum absolute atomic E-state index is 14.2. The lowest BCUT2D eigenvalue weighted by molar-refractivity contribution is -0.141. The van der Waals surface area contributed by atoms with Crippen molar-refractivity contribution in [2.24, 2.45) is 23.2 Å². The average Bonchev–Trinajstić information content (AvgIpc) is 2.42. The molecule has 0 heterocycles. The first-order valence-corrected chi connectivity index (χ1v) is 11.3. The second-order valence-corrected chi connectivity index (χ2v) is 11.7. The quantitative estimate of drug-likeness (QED) is 0.642. The Morgan fingerprint density at radius 2 is 1.26 bits per heavy atom. The Morgan fingerprint density at radius 3 is 1.63 bits per heavy atom. The molecule has 0 unspecified atom stereocenters. The Kier molecular flexibility index (Phi) is 4.71. The molecule has 13 heteroatoms. The zero-order valence-electron chi connectivity index (χ0n) is 13.9. The van der Waals surface area contributed by atoms with Crippen molar-refractivity contribution in [1.82, 2.24) is 4.13 Å². The standard InChI is InChI=1S/C14H18F5NO5S2/c15-13(16,26(22,23)20-27(24,25)14(17,18)19)11(21)7-12-4-8-1-9(5-12)3-10(2-8)6-12/h8-10,20H,1-7H2. The van der Waals surface area contributed by atoms with Crippen LogP contribution in [-0.2, 0) is 24.8 Å². The van der Waals surface area contributed by atoms with Gasteiger partial charge in [-0.25, -0.2) is 16.8 Å². The van der Waals surface area contributed by atoms with Crippen molar-refractivity contribution in [3.05, 3.63) is 0 Å². The van der Waals surface area contributed by atoms with Gasteiger partial charge in [0.2, 0.25) is 5.78 Å². The van der Waals surface area contributed by atoms with E-state index in [4.69, 9.17) is 0 Å². The number of hydrogen-bond donors (Lipinski definition) is 1. The number of carbonyl (C=O) groups excluding carboxylic acids is 1. The third-order valence-electron chi connectivity index (χ3n) is 5.89. The molecular weight excluding hydrogens is 421 g/mol. The van der Waals surface area contributed by atoms with Crippen molar-refractivity contribution >= 4 is 25.8 Å². The molecular formula is C14H18F5NO5S2. The maximum Gasteiger partial charge on any atom is 0.512 e. The van der Waals surface area contributed by atoms with Gasteiger partial charge in [0.1, 0.15) is 0 Å². The summed E-state index contributed by atoms with van der Waals surface area (Å²) < 4.78 is 110. The second kappa shape index (κ2) is 6.09. The Bertz CT molecular complexity index is 814. The van der Waals surface area contributed by atoms with Crippen LogP contribution in [0.2, 0.25) is 0 Å². The fraction of sp³-hybridized carbons (Fsp3) is 0.929. The molecule has 156 valence electrons. The third-order valence-corrected chi connectivity index (χ3v) is 9.15. The van der Waals surface area contributed by atoms with Crippen LogP contribution in [0.4, 0.5) is 22.0 Å². The van der Waals surface area contributed by atoms with Gasteiger partial charge in [-0.2, -0.15) is 22.0 Å². The number of carbonyl (C=O) groups is 1. The average molecular weight is 439 g/mol. The number of rotatable bonds is 6. The van der Waals surface area contributed by atoms with Crippen LogP contribution in [0, 0.1) is 23.2 Å². The molecule has 4 bridgehead atoms. The molecule has 27 heavy (non-hydrogen) atoms. The number of ketones is 1. The highest BCUT2D eigenvalue weighted by molar-refractivity contribution is 8.05. The Morgan fingerprint density at radius 1 is 0.852 bits per heavy atom. The molecule has 4 saturated carbocycles. The van der Waals surface area contributed by atoms with Gasteiger partial charge in [-0.3, -0.25) is 4.79 Å². The second-order valence-electron chi connectivity index (χ2n) is 8.07. The summed E-state index contributed by atoms with van der Waals surface area (Å²) in [7, 11) is -13.0. The van der Waals surface area contributed by atoms with Crippen LogP contribution in [0.25, 0.3) is 0 Å². The SMILES string of the molecule is O=C(CC12CC3CC(CC(C3)C1)C2)C(F)(F)S(=O)(=O)NS(=O)(=O)C(F)(F)F. The van der Waals surface area contributed by atoms with E-state index in [0.717, 1.165) is 19.3 Å². The number of nitrogens with one attached hydrogen (secondary N) is 1. The van der Waals surface area contributed by atoms with Gasteiger partial charge < -0.3 is 0 Å². The molecule has 0 aromatic heterocycles. The molecule has 0 atom stereocenters. The van der Waals surface area contributed by atoms with E-state index in [1.165, 1.54) is 0 Å². The summed E-state index contributed by atoms with van der Waals surface area (Å²) in [5, 5.41) is -5.28. The molecule has 1 N–H and O–H groups in total. The van der Waals surface area contributed by atoms with Crippen LogP contribution in [0.3, 0.4) is 0 Å². The first kappa shape index (κ1) is 20.9. The summed E-state index contributed by atoms with van der Waals surface area (Å²) in [5.74, 6) is -1.25. The smallest absolute Gasteiger partial charge is 0.292 e. The molecule has 0 amide bonds. The molecule has 4 rings (SSSR count). The van der Waals surface area contributed by atoms with Crippen LogP contribution in [0.15, 0.2) is 0 Å². The molecule has 0 saturated heterocycles. The summed E-state index contributed by atoms with van der Waals surface area (Å²) in [6.07, 6.45) is 3.50. The monoisotopic (exact) mass is 439 g/mol. The first-order chi connectivity index (χ1) is 12.1. The van der Waals surface area contributed by atoms with E-state index in [1.54, 1.807) is 0 Å². The largest absolute Gasteiger partial charge is 0.512 e. The summed E-state index contributed by atoms with van der Waals surface area (Å²) >= 11 is 0. The van der Waals surface area contributed by atoms with Crippen molar-refractivity contribution < 1.29 is 43.6 Å². The highest BCUT2D eigenvalue weighted by atomic mass is 32.3. The van der Waals surface area contributed by atoms with E-state index in [9.17, 15) is 43.6 Å². The van der Waals surface area contributed by atoms with Gasteiger partial charge in [0.15, 0.2) is 0 Å². The Hall–Kier alpha value is -0.820. The molecule has 6 nitrogen and oxygen atoms in total. The lowest BCUT2D eigenvalue weighted by Gasteiger charge is -2.56. The summed E-state index contributed by atoms with van der Waals surface area (Å²) in [6, 6.07) is 0. The molecule has 4 aliphatic carbocycles. The van der Waals surface area contributed by atoms with E-state index >= 15 is 0 Å². The van der Waals surface area contributed by atoms with E-state index in [-0.39, 0.29) is 21.9 Å². The topological polar surface area (TPSA) is 97.4 Å². The molecule has 0 aliphatic heterocycles. The summed E-state index contributed by atoms with van der Waals surface area (Å²) in [5.41, 5.74) is -6.90. The van der Waals surface area contributed by atoms with E-state index < -0.39 is 48.4 Å². The molecule has 0 radical (unpaired) electrons. The lowest BCUT2D eigenvalue weighted by atomic mass is 9.48. The van der Waals surface area contributed by atoms with E-state index in [2.05, 4.69) is 0 Å². The number of Topliss-reactive ketones (excluding diaryl/α,β-unsaturated/α-hetero) is 1. The number of alkyl halides is 5. The van der Waals surface area contributed by atoms with E-state index in [1.807, 2.05) is 0 Å². The van der Waals surface area contributed by atoms with Crippen LogP contribution < -0.4 is 4.13 Å². The van der Waals surface area contributed by atoms with Gasteiger partial charge in [-0.05, 0) is 61.7 Å². The lowest BCUT2D eigenvalue weighted by Crippen LogP contribution is -2.53. The highest BCUT2D eigenvalue weighted by Gasteiger charge is 2.60. The van der Waals surface area contributed by atoms with Crippen LogP contribution >= 0.6 is 0 Å². The Balaban J connectivity index is 1.79. The summed E-state index contributed by atoms with van der Waals surface area (Å²) in [6.45, 7) is 0. The van der Waals surface area contributed by atoms with Crippen LogP contribution in [-0.4, -0.2) is 33.4 Å². The minimum Gasteiger partial charge on any atom is -0.292 e. The molecule has 0 aromatic carbocycles. The minimum absolute atomic E-state index is 0.0496. The minimum atomic E-state index is -6.60. The first-order valence-electron chi connectivity index (χ1n) is 8.32.